The summed E-state index contributed by atoms with van der Waals surface area (Å²) in [5.74, 6) is -0.930. The lowest BCUT2D eigenvalue weighted by Crippen LogP contribution is -2.52. The van der Waals surface area contributed by atoms with E-state index in [9.17, 15) is 14.0 Å². The van der Waals surface area contributed by atoms with Crippen LogP contribution in [0.5, 0.6) is 5.88 Å². The van der Waals surface area contributed by atoms with Gasteiger partial charge in [0.2, 0.25) is 5.88 Å². The summed E-state index contributed by atoms with van der Waals surface area (Å²) in [6.07, 6.45) is 2.18. The number of anilines is 1. The van der Waals surface area contributed by atoms with Crippen LogP contribution in [-0.2, 0) is 27.3 Å². The summed E-state index contributed by atoms with van der Waals surface area (Å²) in [4.78, 5) is 30.7. The standard InChI is InChI=1S/C29H30FN3O5/c1-29(28(35)37-17-20-6-3-2-4-7-20)18-38-27-24(33-29)15-21(14-19-9-11-22(30)12-10-19)25(32-27)26(34)31-16-23-8-5-13-36-23/h2-4,6-7,9-12,15,23,33H,5,8,13-14,16-18H2,1H3,(H,31,34)/t23-,29+/m1/s1. The maximum Gasteiger partial charge on any atom is 0.335 e. The first-order chi connectivity index (χ1) is 18.4. The molecule has 5 rings (SSSR count). The maximum atomic E-state index is 13.5. The van der Waals surface area contributed by atoms with Gasteiger partial charge >= 0.3 is 5.97 Å². The van der Waals surface area contributed by atoms with Crippen molar-refractivity contribution in [2.24, 2.45) is 0 Å². The molecule has 1 saturated heterocycles. The molecule has 1 amide bonds. The van der Waals surface area contributed by atoms with Gasteiger partial charge in [-0.1, -0.05) is 42.5 Å². The third-order valence-corrected chi connectivity index (χ3v) is 6.68. The van der Waals surface area contributed by atoms with Gasteiger partial charge in [-0.3, -0.25) is 4.79 Å². The molecule has 0 bridgehead atoms. The number of benzene rings is 2. The number of hydrogen-bond acceptors (Lipinski definition) is 7. The van der Waals surface area contributed by atoms with Crippen LogP contribution < -0.4 is 15.4 Å². The average Bonchev–Trinajstić information content (AvgIpc) is 3.45. The van der Waals surface area contributed by atoms with E-state index in [4.69, 9.17) is 14.2 Å². The largest absolute Gasteiger partial charge is 0.473 e. The number of fused-ring (bicyclic) bond motifs is 1. The predicted molar refractivity (Wildman–Crippen MR) is 139 cm³/mol. The molecule has 0 aliphatic carbocycles. The zero-order valence-electron chi connectivity index (χ0n) is 21.2. The number of ether oxygens (including phenoxy) is 3. The molecule has 1 aromatic heterocycles. The van der Waals surface area contributed by atoms with Crippen LogP contribution in [0.3, 0.4) is 0 Å². The van der Waals surface area contributed by atoms with Gasteiger partial charge in [0.1, 0.15) is 24.7 Å². The molecule has 38 heavy (non-hydrogen) atoms. The Hall–Kier alpha value is -3.98. The number of esters is 1. The molecular formula is C29H30FN3O5. The Labute approximate surface area is 220 Å². The van der Waals surface area contributed by atoms with E-state index < -0.39 is 11.5 Å². The molecular weight excluding hydrogens is 489 g/mol. The number of pyridine rings is 1. The Morgan fingerprint density at radius 3 is 2.68 bits per heavy atom. The lowest BCUT2D eigenvalue weighted by atomic mass is 9.99. The predicted octanol–water partition coefficient (Wildman–Crippen LogP) is 4.03. The summed E-state index contributed by atoms with van der Waals surface area (Å²) in [5.41, 5.74) is 1.83. The van der Waals surface area contributed by atoms with E-state index in [1.54, 1.807) is 25.1 Å². The highest BCUT2D eigenvalue weighted by atomic mass is 19.1. The molecule has 0 spiro atoms. The van der Waals surface area contributed by atoms with Gasteiger partial charge in [-0.05, 0) is 61.1 Å². The number of nitrogens with one attached hydrogen (secondary N) is 2. The van der Waals surface area contributed by atoms with E-state index >= 15 is 0 Å². The van der Waals surface area contributed by atoms with Gasteiger partial charge in [0, 0.05) is 13.2 Å². The summed E-state index contributed by atoms with van der Waals surface area (Å²) in [5, 5.41) is 6.13. The monoisotopic (exact) mass is 519 g/mol. The zero-order chi connectivity index (χ0) is 26.5. The van der Waals surface area contributed by atoms with Gasteiger partial charge in [0.25, 0.3) is 5.91 Å². The lowest BCUT2D eigenvalue weighted by Gasteiger charge is -2.34. The van der Waals surface area contributed by atoms with Crippen LogP contribution in [0.25, 0.3) is 0 Å². The Bertz CT molecular complexity index is 1300. The fourth-order valence-electron chi connectivity index (χ4n) is 4.52. The van der Waals surface area contributed by atoms with Gasteiger partial charge in [-0.15, -0.1) is 0 Å². The minimum atomic E-state index is -1.15. The van der Waals surface area contributed by atoms with Crippen molar-refractivity contribution >= 4 is 17.6 Å². The first kappa shape index (κ1) is 25.7. The number of aromatic nitrogens is 1. The maximum absolute atomic E-state index is 13.5. The molecule has 2 atom stereocenters. The molecule has 2 aliphatic rings. The second kappa shape index (κ2) is 11.2. The minimum absolute atomic E-state index is 0.0161. The van der Waals surface area contributed by atoms with E-state index in [-0.39, 0.29) is 42.6 Å². The number of hydrogen-bond donors (Lipinski definition) is 2. The van der Waals surface area contributed by atoms with Gasteiger partial charge in [-0.25, -0.2) is 14.2 Å². The van der Waals surface area contributed by atoms with Crippen molar-refractivity contribution in [2.75, 3.05) is 25.1 Å². The first-order valence-electron chi connectivity index (χ1n) is 12.7. The number of nitrogens with zero attached hydrogens (tertiary/aromatic N) is 1. The highest BCUT2D eigenvalue weighted by molar-refractivity contribution is 5.95. The van der Waals surface area contributed by atoms with Crippen LogP contribution in [0.15, 0.2) is 60.7 Å². The molecule has 2 aromatic carbocycles. The molecule has 2 N–H and O–H groups in total. The molecule has 3 aromatic rings. The second-order valence-electron chi connectivity index (χ2n) is 9.80. The fourth-order valence-corrected chi connectivity index (χ4v) is 4.52. The van der Waals surface area contributed by atoms with Gasteiger partial charge in [0.05, 0.1) is 11.8 Å². The molecule has 0 unspecified atom stereocenters. The Balaban J connectivity index is 1.37. The van der Waals surface area contributed by atoms with Crippen LogP contribution in [0.1, 0.15) is 46.9 Å². The molecule has 0 radical (unpaired) electrons. The quantitative estimate of drug-likeness (QED) is 0.434. The topological polar surface area (TPSA) is 98.8 Å². The van der Waals surface area contributed by atoms with Gasteiger partial charge in [0.15, 0.2) is 5.54 Å². The number of amides is 1. The third kappa shape index (κ3) is 5.94. The van der Waals surface area contributed by atoms with Crippen molar-refractivity contribution in [2.45, 2.75) is 44.4 Å². The van der Waals surface area contributed by atoms with E-state index in [1.807, 2.05) is 30.3 Å². The highest BCUT2D eigenvalue weighted by Crippen LogP contribution is 2.34. The summed E-state index contributed by atoms with van der Waals surface area (Å²) in [6.45, 7) is 2.90. The van der Waals surface area contributed by atoms with E-state index in [2.05, 4.69) is 15.6 Å². The molecule has 9 heteroatoms. The molecule has 8 nitrogen and oxygen atoms in total. The van der Waals surface area contributed by atoms with E-state index in [0.29, 0.717) is 30.8 Å². The van der Waals surface area contributed by atoms with E-state index in [1.165, 1.54) is 12.1 Å². The van der Waals surface area contributed by atoms with Crippen molar-refractivity contribution in [3.63, 3.8) is 0 Å². The SMILES string of the molecule is C[C@@]1(C(=O)OCc2ccccc2)COc2nc(C(=O)NC[C@H]3CCCO3)c(Cc3ccc(F)cc3)cc2N1. The van der Waals surface area contributed by atoms with Crippen LogP contribution in [0.2, 0.25) is 0 Å². The molecule has 2 aliphatic heterocycles. The number of carbonyl (C=O) groups is 2. The van der Waals surface area contributed by atoms with Crippen molar-refractivity contribution < 1.29 is 28.2 Å². The van der Waals surface area contributed by atoms with Gasteiger partial charge < -0.3 is 24.8 Å². The molecule has 3 heterocycles. The second-order valence-corrected chi connectivity index (χ2v) is 9.80. The van der Waals surface area contributed by atoms with Gasteiger partial charge in [-0.2, -0.15) is 0 Å². The summed E-state index contributed by atoms with van der Waals surface area (Å²) >= 11 is 0. The van der Waals surface area contributed by atoms with Crippen LogP contribution in [0, 0.1) is 5.82 Å². The molecule has 198 valence electrons. The Morgan fingerprint density at radius 1 is 1.16 bits per heavy atom. The van der Waals surface area contributed by atoms with Crippen LogP contribution in [0.4, 0.5) is 10.1 Å². The number of rotatable bonds is 8. The number of carbonyl (C=O) groups excluding carboxylic acids is 2. The van der Waals surface area contributed by atoms with E-state index in [0.717, 1.165) is 24.0 Å². The summed E-state index contributed by atoms with van der Waals surface area (Å²) < 4.78 is 30.5. The fraction of sp³-hybridized carbons (Fsp3) is 0.345. The molecule has 1 fully saturated rings. The Kier molecular flexibility index (Phi) is 7.55. The highest BCUT2D eigenvalue weighted by Gasteiger charge is 2.41. The van der Waals surface area contributed by atoms with Crippen molar-refractivity contribution in [3.8, 4) is 5.88 Å². The smallest absolute Gasteiger partial charge is 0.335 e. The van der Waals surface area contributed by atoms with Crippen LogP contribution >= 0.6 is 0 Å². The Morgan fingerprint density at radius 2 is 1.95 bits per heavy atom. The molecule has 0 saturated carbocycles. The summed E-state index contributed by atoms with van der Waals surface area (Å²) in [7, 11) is 0. The average molecular weight is 520 g/mol. The summed E-state index contributed by atoms with van der Waals surface area (Å²) in [6, 6.07) is 17.3. The van der Waals surface area contributed by atoms with Crippen molar-refractivity contribution in [3.05, 3.63) is 88.9 Å². The normalized spacial score (nSPS) is 20.1. The lowest BCUT2D eigenvalue weighted by molar-refractivity contribution is -0.151. The zero-order valence-corrected chi connectivity index (χ0v) is 21.2. The van der Waals surface area contributed by atoms with Crippen molar-refractivity contribution in [1.29, 1.82) is 0 Å². The van der Waals surface area contributed by atoms with Crippen LogP contribution in [-0.4, -0.2) is 48.3 Å². The third-order valence-electron chi connectivity index (χ3n) is 6.68. The minimum Gasteiger partial charge on any atom is -0.473 e. The van der Waals surface area contributed by atoms with Crippen molar-refractivity contribution in [1.82, 2.24) is 10.3 Å². The number of halogens is 1. The first-order valence-corrected chi connectivity index (χ1v) is 12.7.